The molecule has 0 radical (unpaired) electrons. The number of carbonyl (C=O) groups is 1. The first-order chi connectivity index (χ1) is 6.27. The molecule has 0 atom stereocenters. The molecule has 1 aliphatic rings. The van der Waals surface area contributed by atoms with Crippen molar-refractivity contribution in [1.82, 2.24) is 0 Å². The maximum atomic E-state index is 10.8. The summed E-state index contributed by atoms with van der Waals surface area (Å²) in [5.41, 5.74) is 2.19. The van der Waals surface area contributed by atoms with E-state index in [9.17, 15) is 4.79 Å². The number of fused-ring (bicyclic) bond motifs is 1. The summed E-state index contributed by atoms with van der Waals surface area (Å²) in [5.74, 6) is 0.426. The van der Waals surface area contributed by atoms with Crippen LogP contribution in [-0.4, -0.2) is 12.5 Å². The highest BCUT2D eigenvalue weighted by atomic mass is 16.5. The van der Waals surface area contributed by atoms with Crippen LogP contribution in [-0.2, 0) is 11.2 Å². The Kier molecular flexibility index (Phi) is 1.93. The minimum absolute atomic E-state index is 0.264. The van der Waals surface area contributed by atoms with E-state index >= 15 is 0 Å². The highest BCUT2D eigenvalue weighted by Gasteiger charge is 2.15. The van der Waals surface area contributed by atoms with E-state index in [1.165, 1.54) is 6.92 Å². The molecule has 0 fully saturated rings. The van der Waals surface area contributed by atoms with Crippen molar-refractivity contribution in [1.29, 1.82) is 0 Å². The molecule has 1 heterocycles. The van der Waals surface area contributed by atoms with E-state index in [0.717, 1.165) is 24.2 Å². The van der Waals surface area contributed by atoms with E-state index in [1.807, 2.05) is 18.2 Å². The van der Waals surface area contributed by atoms with Gasteiger partial charge >= 0.3 is 5.97 Å². The Morgan fingerprint density at radius 2 is 2.38 bits per heavy atom. The summed E-state index contributed by atoms with van der Waals surface area (Å²) in [6.45, 7) is 2.34. The SMILES string of the molecule is CC(=O)Oc1cccc2c1CCN2. The topological polar surface area (TPSA) is 38.3 Å². The fourth-order valence-electron chi connectivity index (χ4n) is 1.56. The zero-order valence-corrected chi connectivity index (χ0v) is 7.46. The second-order valence-corrected chi connectivity index (χ2v) is 3.05. The lowest BCUT2D eigenvalue weighted by atomic mass is 10.1. The number of nitrogens with one attached hydrogen (secondary N) is 1. The van der Waals surface area contributed by atoms with Crippen molar-refractivity contribution in [3.05, 3.63) is 23.8 Å². The molecule has 0 spiro atoms. The van der Waals surface area contributed by atoms with Gasteiger partial charge in [0.2, 0.25) is 0 Å². The summed E-state index contributed by atoms with van der Waals surface area (Å²) in [5, 5.41) is 3.22. The van der Waals surface area contributed by atoms with Gasteiger partial charge < -0.3 is 10.1 Å². The quantitative estimate of drug-likeness (QED) is 0.522. The van der Waals surface area contributed by atoms with Gasteiger partial charge in [-0.3, -0.25) is 4.79 Å². The minimum atomic E-state index is -0.264. The average molecular weight is 177 g/mol. The molecule has 2 rings (SSSR count). The molecule has 0 saturated carbocycles. The normalized spacial score (nSPS) is 13.3. The summed E-state index contributed by atoms with van der Waals surface area (Å²) >= 11 is 0. The highest BCUT2D eigenvalue weighted by molar-refractivity contribution is 5.72. The van der Waals surface area contributed by atoms with Crippen molar-refractivity contribution < 1.29 is 9.53 Å². The number of benzene rings is 1. The number of esters is 1. The number of carbonyl (C=O) groups excluding carboxylic acids is 1. The van der Waals surface area contributed by atoms with Gasteiger partial charge in [-0.15, -0.1) is 0 Å². The van der Waals surface area contributed by atoms with Crippen molar-refractivity contribution >= 4 is 11.7 Å². The van der Waals surface area contributed by atoms with Gasteiger partial charge in [-0.1, -0.05) is 6.07 Å². The molecule has 3 heteroatoms. The van der Waals surface area contributed by atoms with Crippen LogP contribution in [0.15, 0.2) is 18.2 Å². The lowest BCUT2D eigenvalue weighted by molar-refractivity contribution is -0.131. The van der Waals surface area contributed by atoms with Gasteiger partial charge in [-0.05, 0) is 18.6 Å². The second-order valence-electron chi connectivity index (χ2n) is 3.05. The number of rotatable bonds is 1. The molecule has 1 aromatic rings. The van der Waals surface area contributed by atoms with Crippen molar-refractivity contribution in [2.45, 2.75) is 13.3 Å². The Hall–Kier alpha value is -1.51. The minimum Gasteiger partial charge on any atom is -0.426 e. The maximum absolute atomic E-state index is 10.8. The van der Waals surface area contributed by atoms with E-state index in [2.05, 4.69) is 5.32 Å². The van der Waals surface area contributed by atoms with Gasteiger partial charge in [0.05, 0.1) is 0 Å². The molecular weight excluding hydrogens is 166 g/mol. The van der Waals surface area contributed by atoms with Crippen LogP contribution in [0.1, 0.15) is 12.5 Å². The van der Waals surface area contributed by atoms with Gasteiger partial charge in [-0.2, -0.15) is 0 Å². The predicted octanol–water partition coefficient (Wildman–Crippen LogP) is 1.58. The zero-order valence-electron chi connectivity index (χ0n) is 7.46. The Morgan fingerprint density at radius 1 is 1.54 bits per heavy atom. The zero-order chi connectivity index (χ0) is 9.26. The van der Waals surface area contributed by atoms with E-state index < -0.39 is 0 Å². The summed E-state index contributed by atoms with van der Waals surface area (Å²) in [6, 6.07) is 5.71. The maximum Gasteiger partial charge on any atom is 0.308 e. The Morgan fingerprint density at radius 3 is 3.15 bits per heavy atom. The predicted molar refractivity (Wildman–Crippen MR) is 49.9 cm³/mol. The summed E-state index contributed by atoms with van der Waals surface area (Å²) in [7, 11) is 0. The number of hydrogen-bond acceptors (Lipinski definition) is 3. The average Bonchev–Trinajstić information content (AvgIpc) is 2.51. The Bertz CT molecular complexity index is 347. The molecule has 0 saturated heterocycles. The summed E-state index contributed by atoms with van der Waals surface area (Å²) in [6.07, 6.45) is 0.929. The highest BCUT2D eigenvalue weighted by Crippen LogP contribution is 2.30. The van der Waals surface area contributed by atoms with Crippen molar-refractivity contribution in [3.8, 4) is 5.75 Å². The van der Waals surface area contributed by atoms with Crippen LogP contribution in [0.3, 0.4) is 0 Å². The number of anilines is 1. The second kappa shape index (κ2) is 3.09. The van der Waals surface area contributed by atoms with Crippen molar-refractivity contribution in [3.63, 3.8) is 0 Å². The van der Waals surface area contributed by atoms with E-state index in [4.69, 9.17) is 4.74 Å². The third kappa shape index (κ3) is 1.49. The molecule has 1 aromatic carbocycles. The van der Waals surface area contributed by atoms with Crippen molar-refractivity contribution in [2.75, 3.05) is 11.9 Å². The van der Waals surface area contributed by atoms with E-state index in [0.29, 0.717) is 5.75 Å². The molecular formula is C10H11NO2. The van der Waals surface area contributed by atoms with Gasteiger partial charge in [0.25, 0.3) is 0 Å². The first kappa shape index (κ1) is 8.10. The third-order valence-corrected chi connectivity index (χ3v) is 2.08. The van der Waals surface area contributed by atoms with Crippen LogP contribution >= 0.6 is 0 Å². The van der Waals surface area contributed by atoms with Crippen LogP contribution in [0.4, 0.5) is 5.69 Å². The Balaban J connectivity index is 2.36. The lowest BCUT2D eigenvalue weighted by Crippen LogP contribution is -2.03. The first-order valence-electron chi connectivity index (χ1n) is 4.31. The molecule has 0 aliphatic carbocycles. The number of hydrogen-bond donors (Lipinski definition) is 1. The van der Waals surface area contributed by atoms with Gasteiger partial charge in [0.15, 0.2) is 0 Å². The molecule has 1 aliphatic heterocycles. The molecule has 0 aromatic heterocycles. The Labute approximate surface area is 76.7 Å². The van der Waals surface area contributed by atoms with E-state index in [1.54, 1.807) is 0 Å². The van der Waals surface area contributed by atoms with Gasteiger partial charge in [0, 0.05) is 24.7 Å². The number of ether oxygens (including phenoxy) is 1. The van der Waals surface area contributed by atoms with Crippen LogP contribution in [0, 0.1) is 0 Å². The summed E-state index contributed by atoms with van der Waals surface area (Å²) < 4.78 is 5.08. The molecule has 68 valence electrons. The molecule has 0 unspecified atom stereocenters. The largest absolute Gasteiger partial charge is 0.426 e. The fourth-order valence-corrected chi connectivity index (χ4v) is 1.56. The van der Waals surface area contributed by atoms with Crippen LogP contribution < -0.4 is 10.1 Å². The molecule has 1 N–H and O–H groups in total. The van der Waals surface area contributed by atoms with Crippen molar-refractivity contribution in [2.24, 2.45) is 0 Å². The van der Waals surface area contributed by atoms with E-state index in [-0.39, 0.29) is 5.97 Å². The van der Waals surface area contributed by atoms with Gasteiger partial charge in [0.1, 0.15) is 5.75 Å². The molecule has 3 nitrogen and oxygen atoms in total. The first-order valence-corrected chi connectivity index (χ1v) is 4.31. The monoisotopic (exact) mass is 177 g/mol. The molecule has 13 heavy (non-hydrogen) atoms. The third-order valence-electron chi connectivity index (χ3n) is 2.08. The van der Waals surface area contributed by atoms with Gasteiger partial charge in [-0.25, -0.2) is 0 Å². The summed E-state index contributed by atoms with van der Waals surface area (Å²) in [4.78, 5) is 10.8. The lowest BCUT2D eigenvalue weighted by Gasteiger charge is -2.06. The molecule has 0 amide bonds. The molecule has 0 bridgehead atoms. The van der Waals surface area contributed by atoms with Crippen LogP contribution in [0.5, 0.6) is 5.75 Å². The fraction of sp³-hybridized carbons (Fsp3) is 0.300. The standard InChI is InChI=1S/C10H11NO2/c1-7(12)13-10-4-2-3-9-8(10)5-6-11-9/h2-4,11H,5-6H2,1H3. The van der Waals surface area contributed by atoms with Crippen LogP contribution in [0.2, 0.25) is 0 Å². The smallest absolute Gasteiger partial charge is 0.308 e. The van der Waals surface area contributed by atoms with Crippen LogP contribution in [0.25, 0.3) is 0 Å².